The monoisotopic (exact) mass is 545 g/mol. The molecule has 0 saturated heterocycles. The van der Waals surface area contributed by atoms with Gasteiger partial charge in [0.1, 0.15) is 22.1 Å². The Morgan fingerprint density at radius 2 is 1.67 bits per heavy atom. The molecule has 39 heavy (non-hydrogen) atoms. The lowest BCUT2D eigenvalue weighted by Gasteiger charge is -2.19. The van der Waals surface area contributed by atoms with Gasteiger partial charge in [-0.25, -0.2) is 4.90 Å². The van der Waals surface area contributed by atoms with E-state index in [-0.39, 0.29) is 22.4 Å². The van der Waals surface area contributed by atoms with Gasteiger partial charge in [0.05, 0.1) is 19.9 Å². The van der Waals surface area contributed by atoms with Crippen molar-refractivity contribution >= 4 is 46.5 Å². The van der Waals surface area contributed by atoms with Gasteiger partial charge in [-0.3, -0.25) is 14.4 Å². The number of nitrogens with zero attached hydrogens (tertiary/aromatic N) is 1. The van der Waals surface area contributed by atoms with Crippen molar-refractivity contribution in [1.29, 1.82) is 0 Å². The number of rotatable bonds is 10. The summed E-state index contributed by atoms with van der Waals surface area (Å²) in [6, 6.07) is 19.7. The van der Waals surface area contributed by atoms with E-state index in [1.54, 1.807) is 36.4 Å². The maximum absolute atomic E-state index is 13.8. The van der Waals surface area contributed by atoms with Crippen molar-refractivity contribution in [3.8, 4) is 11.5 Å². The molecule has 4 rings (SSSR count). The molecule has 0 bridgehead atoms. The van der Waals surface area contributed by atoms with Crippen molar-refractivity contribution in [1.82, 2.24) is 0 Å². The number of thioether (sulfide) groups is 1. The summed E-state index contributed by atoms with van der Waals surface area (Å²) in [6.45, 7) is 5.93. The van der Waals surface area contributed by atoms with Gasteiger partial charge < -0.3 is 20.1 Å². The molecule has 3 aromatic rings. The number of anilines is 3. The third-order valence-corrected chi connectivity index (χ3v) is 6.99. The highest BCUT2D eigenvalue weighted by Gasteiger charge is 2.41. The van der Waals surface area contributed by atoms with E-state index in [2.05, 4.69) is 10.6 Å². The average molecular weight is 546 g/mol. The number of hydrogen-bond donors (Lipinski definition) is 2. The molecule has 0 radical (unpaired) electrons. The maximum Gasteiger partial charge on any atom is 0.283 e. The van der Waals surface area contributed by atoms with Gasteiger partial charge in [-0.2, -0.15) is 0 Å². The summed E-state index contributed by atoms with van der Waals surface area (Å²) in [7, 11) is 3.00. The molecular weight excluding hydrogens is 514 g/mol. The van der Waals surface area contributed by atoms with E-state index in [9.17, 15) is 14.4 Å². The highest BCUT2D eigenvalue weighted by atomic mass is 32.2. The van der Waals surface area contributed by atoms with Crippen molar-refractivity contribution in [2.24, 2.45) is 5.92 Å². The number of imide groups is 1. The third kappa shape index (κ3) is 6.43. The molecule has 0 saturated carbocycles. The van der Waals surface area contributed by atoms with Gasteiger partial charge in [-0.15, -0.1) is 0 Å². The van der Waals surface area contributed by atoms with Gasteiger partial charge in [0.25, 0.3) is 11.8 Å². The Morgan fingerprint density at radius 3 is 2.33 bits per heavy atom. The van der Waals surface area contributed by atoms with Crippen LogP contribution in [0.25, 0.3) is 0 Å². The second-order valence-electron chi connectivity index (χ2n) is 9.45. The molecule has 1 aliphatic heterocycles. The third-order valence-electron chi connectivity index (χ3n) is 5.92. The molecule has 0 unspecified atom stereocenters. The number of hydrogen-bond acceptors (Lipinski definition) is 7. The molecule has 0 atom stereocenters. The van der Waals surface area contributed by atoms with E-state index < -0.39 is 11.8 Å². The van der Waals surface area contributed by atoms with Crippen molar-refractivity contribution in [3.63, 3.8) is 0 Å². The molecule has 202 valence electrons. The van der Waals surface area contributed by atoms with Crippen LogP contribution < -0.4 is 25.0 Å². The summed E-state index contributed by atoms with van der Waals surface area (Å²) in [6.07, 6.45) is 0.402. The standard InChI is InChI=1S/C30H31N3O5S/c1-18(2)15-26(34)31-21-7-6-8-23(16-21)39-28-27(32-20-11-9-19(3)10-12-20)29(35)33(30(28)36)24-14-13-22(37-4)17-25(24)38-5/h6-14,16-18,32H,15H2,1-5H3,(H,31,34). The van der Waals surface area contributed by atoms with Crippen LogP contribution in [0.5, 0.6) is 11.5 Å². The van der Waals surface area contributed by atoms with Crippen molar-refractivity contribution in [2.45, 2.75) is 32.1 Å². The number of carbonyl (C=O) groups excluding carboxylic acids is 3. The molecule has 0 aliphatic carbocycles. The molecule has 3 amide bonds. The van der Waals surface area contributed by atoms with Crippen LogP contribution in [0.2, 0.25) is 0 Å². The first-order chi connectivity index (χ1) is 18.7. The minimum absolute atomic E-state index is 0.0852. The van der Waals surface area contributed by atoms with E-state index in [4.69, 9.17) is 9.47 Å². The minimum atomic E-state index is -0.507. The topological polar surface area (TPSA) is 97.0 Å². The first kappa shape index (κ1) is 27.8. The normalized spacial score (nSPS) is 13.2. The molecule has 9 heteroatoms. The molecular formula is C30H31N3O5S. The van der Waals surface area contributed by atoms with E-state index >= 15 is 0 Å². The minimum Gasteiger partial charge on any atom is -0.497 e. The lowest BCUT2D eigenvalue weighted by Crippen LogP contribution is -2.32. The second kappa shape index (κ2) is 12.1. The number of benzene rings is 3. The fraction of sp³-hybridized carbons (Fsp3) is 0.233. The van der Waals surface area contributed by atoms with Gasteiger partial charge in [0, 0.05) is 28.8 Å². The van der Waals surface area contributed by atoms with Gasteiger partial charge >= 0.3 is 0 Å². The first-order valence-corrected chi connectivity index (χ1v) is 13.3. The largest absolute Gasteiger partial charge is 0.497 e. The van der Waals surface area contributed by atoms with Crippen molar-refractivity contribution < 1.29 is 23.9 Å². The van der Waals surface area contributed by atoms with Crippen LogP contribution >= 0.6 is 11.8 Å². The quantitative estimate of drug-likeness (QED) is 0.302. The summed E-state index contributed by atoms with van der Waals surface area (Å²) in [5, 5.41) is 6.06. The number of aryl methyl sites for hydroxylation is 1. The Labute approximate surface area is 232 Å². The zero-order valence-electron chi connectivity index (χ0n) is 22.5. The van der Waals surface area contributed by atoms with E-state index in [0.29, 0.717) is 39.9 Å². The van der Waals surface area contributed by atoms with Crippen molar-refractivity contribution in [3.05, 3.63) is 82.9 Å². The Kier molecular flexibility index (Phi) is 8.61. The molecule has 1 heterocycles. The van der Waals surface area contributed by atoms with Crippen LogP contribution in [0.4, 0.5) is 17.1 Å². The Balaban J connectivity index is 1.70. The highest BCUT2D eigenvalue weighted by Crippen LogP contribution is 2.42. The first-order valence-electron chi connectivity index (χ1n) is 12.5. The van der Waals surface area contributed by atoms with Gasteiger partial charge in [0.15, 0.2) is 0 Å². The zero-order valence-corrected chi connectivity index (χ0v) is 23.3. The van der Waals surface area contributed by atoms with Crippen LogP contribution in [0.3, 0.4) is 0 Å². The maximum atomic E-state index is 13.8. The lowest BCUT2D eigenvalue weighted by atomic mass is 10.1. The predicted molar refractivity (Wildman–Crippen MR) is 154 cm³/mol. The summed E-state index contributed by atoms with van der Waals surface area (Å²) in [5.74, 6) is 0.00727. The molecule has 8 nitrogen and oxygen atoms in total. The Bertz CT molecular complexity index is 1430. The number of carbonyl (C=O) groups is 3. The summed E-state index contributed by atoms with van der Waals surface area (Å²) in [5.41, 5.74) is 2.82. The number of amides is 3. The van der Waals surface area contributed by atoms with Crippen LogP contribution in [0.15, 0.2) is 82.2 Å². The average Bonchev–Trinajstić information content (AvgIpc) is 3.13. The van der Waals surface area contributed by atoms with Crippen LogP contribution in [0, 0.1) is 12.8 Å². The van der Waals surface area contributed by atoms with Crippen LogP contribution in [-0.4, -0.2) is 31.9 Å². The SMILES string of the molecule is COc1ccc(N2C(=O)C(Nc3ccc(C)cc3)=C(Sc3cccc(NC(=O)CC(C)C)c3)C2=O)c(OC)c1. The van der Waals surface area contributed by atoms with E-state index in [1.165, 1.54) is 14.2 Å². The smallest absolute Gasteiger partial charge is 0.283 e. The predicted octanol–water partition coefficient (Wildman–Crippen LogP) is 5.99. The number of methoxy groups -OCH3 is 2. The summed E-state index contributed by atoms with van der Waals surface area (Å²) in [4.78, 5) is 41.9. The van der Waals surface area contributed by atoms with Crippen LogP contribution in [-0.2, 0) is 14.4 Å². The molecule has 0 aromatic heterocycles. The summed E-state index contributed by atoms with van der Waals surface area (Å²) < 4.78 is 10.8. The molecule has 0 fully saturated rings. The summed E-state index contributed by atoms with van der Waals surface area (Å²) >= 11 is 1.16. The van der Waals surface area contributed by atoms with E-state index in [1.807, 2.05) is 51.1 Å². The van der Waals surface area contributed by atoms with Gasteiger partial charge in [0.2, 0.25) is 5.91 Å². The molecule has 0 spiro atoms. The van der Waals surface area contributed by atoms with Gasteiger partial charge in [-0.1, -0.05) is 49.4 Å². The van der Waals surface area contributed by atoms with Crippen molar-refractivity contribution in [2.75, 3.05) is 29.8 Å². The fourth-order valence-electron chi connectivity index (χ4n) is 4.02. The highest BCUT2D eigenvalue weighted by molar-refractivity contribution is 8.04. The van der Waals surface area contributed by atoms with Crippen LogP contribution in [0.1, 0.15) is 25.8 Å². The lowest BCUT2D eigenvalue weighted by molar-refractivity contribution is -0.120. The molecule has 2 N–H and O–H groups in total. The molecule has 3 aromatic carbocycles. The second-order valence-corrected chi connectivity index (χ2v) is 10.5. The van der Waals surface area contributed by atoms with Gasteiger partial charge in [-0.05, 0) is 55.3 Å². The fourth-order valence-corrected chi connectivity index (χ4v) is 5.01. The number of nitrogens with one attached hydrogen (secondary N) is 2. The Hall–Kier alpha value is -4.24. The zero-order chi connectivity index (χ0) is 28.1. The Morgan fingerprint density at radius 1 is 0.923 bits per heavy atom. The van der Waals surface area contributed by atoms with E-state index in [0.717, 1.165) is 22.2 Å². The molecule has 1 aliphatic rings. The number of ether oxygens (including phenoxy) is 2.